The van der Waals surface area contributed by atoms with E-state index < -0.39 is 0 Å². The molecule has 3 saturated carbocycles. The fraction of sp³-hybridized carbons (Fsp3) is 0.818. The molecular formula is C33H54. The minimum Gasteiger partial charge on any atom is -0.0654 e. The average Bonchev–Trinajstić information content (AvgIpc) is 2.88. The Bertz CT molecular complexity index is 633. The summed E-state index contributed by atoms with van der Waals surface area (Å²) in [6.45, 7) is 4.69. The lowest BCUT2D eigenvalue weighted by molar-refractivity contribution is 0.141. The van der Waals surface area contributed by atoms with Crippen LogP contribution in [0.15, 0.2) is 24.3 Å². The summed E-state index contributed by atoms with van der Waals surface area (Å²) in [6, 6.07) is 9.91. The molecule has 0 amide bonds. The number of rotatable bonds is 10. The summed E-state index contributed by atoms with van der Waals surface area (Å²) in [5.41, 5.74) is 3.22. The molecule has 0 unspecified atom stereocenters. The van der Waals surface area contributed by atoms with E-state index >= 15 is 0 Å². The minimum absolute atomic E-state index is 0.837. The summed E-state index contributed by atoms with van der Waals surface area (Å²) < 4.78 is 0. The van der Waals surface area contributed by atoms with Crippen molar-refractivity contribution in [1.82, 2.24) is 0 Å². The lowest BCUT2D eigenvalue weighted by Crippen LogP contribution is -2.26. The van der Waals surface area contributed by atoms with Gasteiger partial charge in [-0.15, -0.1) is 0 Å². The monoisotopic (exact) mass is 450 g/mol. The van der Waals surface area contributed by atoms with E-state index in [1.165, 1.54) is 109 Å². The average molecular weight is 451 g/mol. The minimum atomic E-state index is 0.837. The van der Waals surface area contributed by atoms with Crippen LogP contribution in [0.3, 0.4) is 0 Å². The zero-order chi connectivity index (χ0) is 22.9. The third kappa shape index (κ3) is 7.60. The van der Waals surface area contributed by atoms with E-state index in [-0.39, 0.29) is 0 Å². The molecule has 0 aromatic heterocycles. The Hall–Kier alpha value is -0.780. The maximum Gasteiger partial charge on any atom is -0.0162 e. The SMILES string of the molecule is CCCC[C@H]1CC[C@H](c2ccc(CC[C@H]3CC[C@H]([C@H]4CC[C@H](CCC)CC4)CC3)cc2)CC1. The van der Waals surface area contributed by atoms with Crippen molar-refractivity contribution in [3.8, 4) is 0 Å². The normalized spacial score (nSPS) is 33.2. The molecule has 0 atom stereocenters. The first kappa shape index (κ1) is 25.3. The highest BCUT2D eigenvalue weighted by molar-refractivity contribution is 5.26. The molecular weight excluding hydrogens is 396 g/mol. The predicted octanol–water partition coefficient (Wildman–Crippen LogP) is 10.5. The molecule has 0 saturated heterocycles. The van der Waals surface area contributed by atoms with Crippen molar-refractivity contribution < 1.29 is 0 Å². The first-order chi connectivity index (χ1) is 16.2. The molecule has 3 aliphatic carbocycles. The lowest BCUT2D eigenvalue weighted by Gasteiger charge is -2.38. The van der Waals surface area contributed by atoms with E-state index in [4.69, 9.17) is 0 Å². The van der Waals surface area contributed by atoms with Crippen LogP contribution < -0.4 is 0 Å². The van der Waals surface area contributed by atoms with Crippen LogP contribution in [0.4, 0.5) is 0 Å². The van der Waals surface area contributed by atoms with Crippen molar-refractivity contribution in [1.29, 1.82) is 0 Å². The van der Waals surface area contributed by atoms with Crippen LogP contribution in [0, 0.1) is 29.6 Å². The quantitative estimate of drug-likeness (QED) is 0.332. The number of hydrogen-bond donors (Lipinski definition) is 0. The number of benzene rings is 1. The topological polar surface area (TPSA) is 0 Å². The second-order valence-electron chi connectivity index (χ2n) is 12.5. The van der Waals surface area contributed by atoms with Crippen LogP contribution in [0.25, 0.3) is 0 Å². The van der Waals surface area contributed by atoms with Crippen molar-refractivity contribution in [2.24, 2.45) is 29.6 Å². The van der Waals surface area contributed by atoms with Gasteiger partial charge >= 0.3 is 0 Å². The molecule has 3 fully saturated rings. The zero-order valence-electron chi connectivity index (χ0n) is 22.2. The van der Waals surface area contributed by atoms with E-state index in [0.29, 0.717) is 0 Å². The maximum atomic E-state index is 2.48. The van der Waals surface area contributed by atoms with Gasteiger partial charge in [-0.05, 0) is 111 Å². The Labute approximate surface area is 206 Å². The van der Waals surface area contributed by atoms with E-state index in [0.717, 1.165) is 35.5 Å². The lowest BCUT2D eigenvalue weighted by atomic mass is 9.68. The number of hydrogen-bond acceptors (Lipinski definition) is 0. The van der Waals surface area contributed by atoms with E-state index in [1.807, 2.05) is 0 Å². The second-order valence-corrected chi connectivity index (χ2v) is 12.5. The summed E-state index contributed by atoms with van der Waals surface area (Å²) in [4.78, 5) is 0. The Morgan fingerprint density at radius 1 is 0.545 bits per heavy atom. The fourth-order valence-electron chi connectivity index (χ4n) is 7.91. The molecule has 3 aliphatic rings. The highest BCUT2D eigenvalue weighted by Gasteiger charge is 2.30. The molecule has 1 aromatic rings. The van der Waals surface area contributed by atoms with Gasteiger partial charge in [-0.3, -0.25) is 0 Å². The van der Waals surface area contributed by atoms with Crippen molar-refractivity contribution in [2.75, 3.05) is 0 Å². The van der Waals surface area contributed by atoms with Crippen LogP contribution in [0.5, 0.6) is 0 Å². The number of aryl methyl sites for hydroxylation is 1. The van der Waals surface area contributed by atoms with Gasteiger partial charge in [-0.1, -0.05) is 95.9 Å². The fourth-order valence-corrected chi connectivity index (χ4v) is 7.91. The van der Waals surface area contributed by atoms with Gasteiger partial charge < -0.3 is 0 Å². The standard InChI is InChI=1S/C33H54/c1-3-5-7-27-12-20-31(21-13-27)33-24-16-29(17-25-33)9-8-28-14-22-32(23-15-28)30-18-10-26(6-4-2)11-19-30/h16-17,24-28,30-32H,3-15,18-23H2,1-2H3/t26-,27-,28-,30-,31-,32-. The highest BCUT2D eigenvalue weighted by atomic mass is 14.4. The largest absolute Gasteiger partial charge is 0.0654 e. The summed E-state index contributed by atoms with van der Waals surface area (Å²) in [5, 5.41) is 0. The van der Waals surface area contributed by atoms with Crippen molar-refractivity contribution in [2.45, 2.75) is 142 Å². The molecule has 33 heavy (non-hydrogen) atoms. The summed E-state index contributed by atoms with van der Waals surface area (Å²) in [7, 11) is 0. The second kappa shape index (κ2) is 13.3. The van der Waals surface area contributed by atoms with Crippen molar-refractivity contribution in [3.63, 3.8) is 0 Å². The van der Waals surface area contributed by atoms with Gasteiger partial charge in [0.1, 0.15) is 0 Å². The van der Waals surface area contributed by atoms with Crippen LogP contribution in [-0.4, -0.2) is 0 Å². The van der Waals surface area contributed by atoms with Gasteiger partial charge in [0.15, 0.2) is 0 Å². The van der Waals surface area contributed by atoms with Crippen molar-refractivity contribution >= 4 is 0 Å². The Morgan fingerprint density at radius 3 is 1.61 bits per heavy atom. The molecule has 0 aliphatic heterocycles. The third-order valence-corrected chi connectivity index (χ3v) is 10.3. The van der Waals surface area contributed by atoms with Crippen LogP contribution in [-0.2, 0) is 6.42 Å². The Balaban J connectivity index is 1.13. The Morgan fingerprint density at radius 2 is 1.06 bits per heavy atom. The van der Waals surface area contributed by atoms with Crippen LogP contribution in [0.1, 0.15) is 146 Å². The van der Waals surface area contributed by atoms with Crippen LogP contribution in [0.2, 0.25) is 0 Å². The molecule has 4 rings (SSSR count). The predicted molar refractivity (Wildman–Crippen MR) is 145 cm³/mol. The first-order valence-electron chi connectivity index (χ1n) is 15.3. The van der Waals surface area contributed by atoms with E-state index in [9.17, 15) is 0 Å². The van der Waals surface area contributed by atoms with Gasteiger partial charge in [0.05, 0.1) is 0 Å². The Kier molecular flexibility index (Phi) is 10.2. The molecule has 1 aromatic carbocycles. The molecule has 0 N–H and O–H groups in total. The molecule has 186 valence electrons. The van der Waals surface area contributed by atoms with Gasteiger partial charge in [0.2, 0.25) is 0 Å². The van der Waals surface area contributed by atoms with Gasteiger partial charge in [0.25, 0.3) is 0 Å². The third-order valence-electron chi connectivity index (χ3n) is 10.3. The highest BCUT2D eigenvalue weighted by Crippen LogP contribution is 2.43. The zero-order valence-corrected chi connectivity index (χ0v) is 22.2. The molecule has 0 nitrogen and oxygen atoms in total. The molecule has 0 spiro atoms. The number of unbranched alkanes of at least 4 members (excludes halogenated alkanes) is 1. The van der Waals surface area contributed by atoms with Gasteiger partial charge in [-0.2, -0.15) is 0 Å². The van der Waals surface area contributed by atoms with E-state index in [1.54, 1.807) is 24.0 Å². The molecule has 0 heteroatoms. The smallest absolute Gasteiger partial charge is 0.0162 e. The van der Waals surface area contributed by atoms with Crippen molar-refractivity contribution in [3.05, 3.63) is 35.4 Å². The molecule has 0 bridgehead atoms. The van der Waals surface area contributed by atoms with E-state index in [2.05, 4.69) is 38.1 Å². The summed E-state index contributed by atoms with van der Waals surface area (Å²) in [5.74, 6) is 6.06. The van der Waals surface area contributed by atoms with Crippen LogP contribution >= 0.6 is 0 Å². The van der Waals surface area contributed by atoms with Gasteiger partial charge in [-0.25, -0.2) is 0 Å². The van der Waals surface area contributed by atoms with Gasteiger partial charge in [0, 0.05) is 0 Å². The summed E-state index contributed by atoms with van der Waals surface area (Å²) in [6.07, 6.45) is 27.9. The first-order valence-corrected chi connectivity index (χ1v) is 15.3. The maximum absolute atomic E-state index is 2.48. The summed E-state index contributed by atoms with van der Waals surface area (Å²) >= 11 is 0. The molecule has 0 heterocycles. The molecule has 0 radical (unpaired) electrons.